The van der Waals surface area contributed by atoms with Crippen LogP contribution in [0.5, 0.6) is 5.75 Å². The summed E-state index contributed by atoms with van der Waals surface area (Å²) in [6.45, 7) is 4.81. The van der Waals surface area contributed by atoms with Gasteiger partial charge in [0.15, 0.2) is 5.58 Å². The van der Waals surface area contributed by atoms with Gasteiger partial charge in [-0.3, -0.25) is 4.79 Å². The fraction of sp³-hybridized carbons (Fsp3) is 0.364. The third-order valence-electron chi connectivity index (χ3n) is 4.23. The summed E-state index contributed by atoms with van der Waals surface area (Å²) < 4.78 is 16.3. The fourth-order valence-electron chi connectivity index (χ4n) is 2.91. The average molecular weight is 382 g/mol. The van der Waals surface area contributed by atoms with Gasteiger partial charge in [-0.2, -0.15) is 4.98 Å². The molecule has 0 aliphatic heterocycles. The zero-order valence-corrected chi connectivity index (χ0v) is 16.3. The summed E-state index contributed by atoms with van der Waals surface area (Å²) in [5.74, 6) is 0.619. The second-order valence-electron chi connectivity index (χ2n) is 6.64. The van der Waals surface area contributed by atoms with Gasteiger partial charge in [-0.05, 0) is 56.5 Å². The first-order chi connectivity index (χ1) is 13.6. The van der Waals surface area contributed by atoms with Crippen LogP contribution in [0.2, 0.25) is 0 Å². The Balaban J connectivity index is 1.43. The maximum atomic E-state index is 11.3. The Morgan fingerprint density at radius 3 is 2.71 bits per heavy atom. The summed E-state index contributed by atoms with van der Waals surface area (Å²) in [6, 6.07) is 16.4. The van der Waals surface area contributed by atoms with Gasteiger partial charge in [0.25, 0.3) is 6.01 Å². The molecule has 0 aliphatic rings. The monoisotopic (exact) mass is 382 g/mol. The minimum absolute atomic E-state index is 0.171. The lowest BCUT2D eigenvalue weighted by Crippen LogP contribution is -2.18. The second kappa shape index (κ2) is 9.78. The predicted molar refractivity (Wildman–Crippen MR) is 109 cm³/mol. The summed E-state index contributed by atoms with van der Waals surface area (Å²) in [7, 11) is 0. The molecule has 0 amide bonds. The van der Waals surface area contributed by atoms with E-state index in [0.29, 0.717) is 32.1 Å². The molecule has 1 aromatic heterocycles. The molecule has 0 spiro atoms. The van der Waals surface area contributed by atoms with Crippen LogP contribution in [-0.2, 0) is 16.0 Å². The number of nitrogens with zero attached hydrogens (tertiary/aromatic N) is 1. The molecule has 1 atom stereocenters. The zero-order valence-electron chi connectivity index (χ0n) is 16.3. The molecule has 2 aromatic carbocycles. The zero-order chi connectivity index (χ0) is 19.8. The number of benzene rings is 2. The largest absolute Gasteiger partial charge is 0.494 e. The van der Waals surface area contributed by atoms with E-state index in [2.05, 4.69) is 17.2 Å². The molecule has 0 bridgehead atoms. The van der Waals surface area contributed by atoms with E-state index in [0.717, 1.165) is 23.3 Å². The van der Waals surface area contributed by atoms with E-state index in [4.69, 9.17) is 13.9 Å². The molecule has 1 N–H and O–H groups in total. The maximum absolute atomic E-state index is 11.3. The van der Waals surface area contributed by atoms with Crippen LogP contribution in [0.4, 0.5) is 6.01 Å². The van der Waals surface area contributed by atoms with Crippen LogP contribution in [0.25, 0.3) is 11.1 Å². The summed E-state index contributed by atoms with van der Waals surface area (Å²) in [6.07, 6.45) is 1.86. The Kier molecular flexibility index (Phi) is 6.89. The smallest absolute Gasteiger partial charge is 0.305 e. The summed E-state index contributed by atoms with van der Waals surface area (Å²) >= 11 is 0. The molecule has 6 nitrogen and oxygen atoms in total. The Morgan fingerprint density at radius 1 is 1.18 bits per heavy atom. The molecule has 3 aromatic rings. The van der Waals surface area contributed by atoms with E-state index in [-0.39, 0.29) is 12.0 Å². The van der Waals surface area contributed by atoms with E-state index in [1.54, 1.807) is 6.92 Å². The molecule has 0 saturated carbocycles. The number of esters is 1. The van der Waals surface area contributed by atoms with Crippen molar-refractivity contribution in [3.63, 3.8) is 0 Å². The van der Waals surface area contributed by atoms with Crippen molar-refractivity contribution in [1.82, 2.24) is 4.98 Å². The first-order valence-corrected chi connectivity index (χ1v) is 9.63. The van der Waals surface area contributed by atoms with Crippen molar-refractivity contribution in [1.29, 1.82) is 0 Å². The standard InChI is InChI=1S/C22H26N2O4/c1-3-26-21(25)9-6-14-27-18-12-10-17(11-13-18)15-16(2)23-22-24-19-7-4-5-8-20(19)28-22/h4-5,7-8,10-13,16H,3,6,9,14-15H2,1-2H3,(H,23,24). The van der Waals surface area contributed by atoms with E-state index in [1.807, 2.05) is 48.5 Å². The third-order valence-corrected chi connectivity index (χ3v) is 4.23. The minimum atomic E-state index is -0.179. The molecule has 0 saturated heterocycles. The number of aromatic nitrogens is 1. The highest BCUT2D eigenvalue weighted by Crippen LogP contribution is 2.20. The summed E-state index contributed by atoms with van der Waals surface area (Å²) in [4.78, 5) is 15.7. The minimum Gasteiger partial charge on any atom is -0.494 e. The lowest BCUT2D eigenvalue weighted by molar-refractivity contribution is -0.143. The van der Waals surface area contributed by atoms with Crippen LogP contribution in [-0.4, -0.2) is 30.2 Å². The maximum Gasteiger partial charge on any atom is 0.305 e. The molecule has 6 heteroatoms. The number of oxazole rings is 1. The highest BCUT2D eigenvalue weighted by atomic mass is 16.5. The fourth-order valence-corrected chi connectivity index (χ4v) is 2.91. The van der Waals surface area contributed by atoms with E-state index in [9.17, 15) is 4.79 Å². The normalized spacial score (nSPS) is 11.9. The summed E-state index contributed by atoms with van der Waals surface area (Å²) in [5, 5.41) is 3.30. The Labute approximate surface area is 164 Å². The van der Waals surface area contributed by atoms with Gasteiger partial charge in [0, 0.05) is 12.5 Å². The highest BCUT2D eigenvalue weighted by molar-refractivity contribution is 5.74. The molecule has 0 aliphatic carbocycles. The number of fused-ring (bicyclic) bond motifs is 1. The molecule has 0 radical (unpaired) electrons. The van der Waals surface area contributed by atoms with Gasteiger partial charge in [-0.15, -0.1) is 0 Å². The Bertz CT molecular complexity index is 856. The summed E-state index contributed by atoms with van der Waals surface area (Å²) in [5.41, 5.74) is 2.82. The molecule has 3 rings (SSSR count). The Morgan fingerprint density at radius 2 is 1.96 bits per heavy atom. The van der Waals surface area contributed by atoms with Gasteiger partial charge in [0.2, 0.25) is 0 Å². The quantitative estimate of drug-likeness (QED) is 0.408. The lowest BCUT2D eigenvalue weighted by atomic mass is 10.1. The van der Waals surface area contributed by atoms with Crippen molar-refractivity contribution in [2.24, 2.45) is 0 Å². The molecular weight excluding hydrogens is 356 g/mol. The molecule has 1 heterocycles. The van der Waals surface area contributed by atoms with Crippen molar-refractivity contribution in [3.05, 3.63) is 54.1 Å². The number of rotatable bonds is 10. The van der Waals surface area contributed by atoms with Crippen LogP contribution in [0.3, 0.4) is 0 Å². The van der Waals surface area contributed by atoms with Gasteiger partial charge in [-0.1, -0.05) is 24.3 Å². The lowest BCUT2D eigenvalue weighted by Gasteiger charge is -2.12. The number of hydrogen-bond acceptors (Lipinski definition) is 6. The van der Waals surface area contributed by atoms with Crippen LogP contribution in [0, 0.1) is 0 Å². The predicted octanol–water partition coefficient (Wildman–Crippen LogP) is 4.59. The van der Waals surface area contributed by atoms with Crippen LogP contribution in [0.15, 0.2) is 52.9 Å². The van der Waals surface area contributed by atoms with Gasteiger partial charge < -0.3 is 19.2 Å². The van der Waals surface area contributed by atoms with Crippen LogP contribution < -0.4 is 10.1 Å². The van der Waals surface area contributed by atoms with Crippen molar-refractivity contribution in [3.8, 4) is 5.75 Å². The highest BCUT2D eigenvalue weighted by Gasteiger charge is 2.09. The van der Waals surface area contributed by atoms with E-state index in [1.165, 1.54) is 5.56 Å². The van der Waals surface area contributed by atoms with Crippen molar-refractivity contribution < 1.29 is 18.7 Å². The topological polar surface area (TPSA) is 73.6 Å². The number of nitrogens with one attached hydrogen (secondary N) is 1. The van der Waals surface area contributed by atoms with E-state index < -0.39 is 0 Å². The van der Waals surface area contributed by atoms with Gasteiger partial charge in [-0.25, -0.2) is 0 Å². The first kappa shape index (κ1) is 19.7. The second-order valence-corrected chi connectivity index (χ2v) is 6.64. The molecular formula is C22H26N2O4. The number of hydrogen-bond donors (Lipinski definition) is 1. The number of carbonyl (C=O) groups excluding carboxylic acids is 1. The molecule has 28 heavy (non-hydrogen) atoms. The number of ether oxygens (including phenoxy) is 2. The average Bonchev–Trinajstić information content (AvgIpc) is 3.09. The third kappa shape index (κ3) is 5.74. The molecule has 148 valence electrons. The van der Waals surface area contributed by atoms with Crippen molar-refractivity contribution in [2.45, 2.75) is 39.2 Å². The van der Waals surface area contributed by atoms with Crippen LogP contribution in [0.1, 0.15) is 32.3 Å². The van der Waals surface area contributed by atoms with E-state index >= 15 is 0 Å². The number of para-hydroxylation sites is 2. The van der Waals surface area contributed by atoms with Gasteiger partial charge in [0.1, 0.15) is 11.3 Å². The van der Waals surface area contributed by atoms with Gasteiger partial charge >= 0.3 is 5.97 Å². The number of anilines is 1. The van der Waals surface area contributed by atoms with Crippen molar-refractivity contribution >= 4 is 23.1 Å². The molecule has 1 unspecified atom stereocenters. The van der Waals surface area contributed by atoms with Gasteiger partial charge in [0.05, 0.1) is 13.2 Å². The molecule has 0 fully saturated rings. The first-order valence-electron chi connectivity index (χ1n) is 9.63. The SMILES string of the molecule is CCOC(=O)CCCOc1ccc(CC(C)Nc2nc3ccccc3o2)cc1. The Hall–Kier alpha value is -3.02. The van der Waals surface area contributed by atoms with Crippen LogP contribution >= 0.6 is 0 Å². The number of carbonyl (C=O) groups is 1. The van der Waals surface area contributed by atoms with Crippen molar-refractivity contribution in [2.75, 3.05) is 18.5 Å².